The van der Waals surface area contributed by atoms with Gasteiger partial charge in [-0.05, 0) is 0 Å². The summed E-state index contributed by atoms with van der Waals surface area (Å²) < 4.78 is 13.7. The lowest BCUT2D eigenvalue weighted by Gasteiger charge is -2.10. The Morgan fingerprint density at radius 2 is 1.50 bits per heavy atom. The van der Waals surface area contributed by atoms with Crippen LogP contribution in [0.2, 0.25) is 0 Å². The number of rotatable bonds is 7. The molecular formula is C8H9B2O4. The van der Waals surface area contributed by atoms with Gasteiger partial charge in [0.1, 0.15) is 23.0 Å². The van der Waals surface area contributed by atoms with E-state index in [1.807, 2.05) is 0 Å². The van der Waals surface area contributed by atoms with Crippen molar-refractivity contribution in [1.29, 1.82) is 0 Å². The van der Waals surface area contributed by atoms with Gasteiger partial charge in [0.25, 0.3) is 0 Å². The third-order valence-corrected chi connectivity index (χ3v) is 1.16. The van der Waals surface area contributed by atoms with Crippen molar-refractivity contribution >= 4 is 15.7 Å². The predicted molar refractivity (Wildman–Crippen MR) is 54.0 cm³/mol. The van der Waals surface area contributed by atoms with Crippen LogP contribution in [0.1, 0.15) is 0 Å². The van der Waals surface area contributed by atoms with E-state index in [0.717, 1.165) is 7.69 Å². The zero-order valence-electron chi connectivity index (χ0n) is 7.66. The third kappa shape index (κ3) is 4.35. The molecule has 0 aromatic heterocycles. The highest BCUT2D eigenvalue weighted by Gasteiger charge is 2.06. The second kappa shape index (κ2) is 5.85. The molecule has 4 nitrogen and oxygen atoms in total. The molecule has 0 aromatic carbocycles. The minimum atomic E-state index is -0.302. The highest BCUT2D eigenvalue weighted by Crippen LogP contribution is 2.07. The third-order valence-electron chi connectivity index (χ3n) is 1.16. The molecule has 0 spiro atoms. The van der Waals surface area contributed by atoms with Crippen molar-refractivity contribution < 1.29 is 19.1 Å². The zero-order valence-corrected chi connectivity index (χ0v) is 7.66. The van der Waals surface area contributed by atoms with Gasteiger partial charge in [-0.15, -0.1) is 0 Å². The lowest BCUT2D eigenvalue weighted by molar-refractivity contribution is 0.287. The van der Waals surface area contributed by atoms with E-state index in [1.54, 1.807) is 0 Å². The molecule has 0 aromatic rings. The minimum Gasteiger partial charge on any atom is -0.566 e. The van der Waals surface area contributed by atoms with E-state index < -0.39 is 0 Å². The van der Waals surface area contributed by atoms with E-state index in [0.29, 0.717) is 0 Å². The highest BCUT2D eigenvalue weighted by atomic mass is 16.6. The normalized spacial score (nSPS) is 8.29. The van der Waals surface area contributed by atoms with Gasteiger partial charge in [0.15, 0.2) is 0 Å². The van der Waals surface area contributed by atoms with Crippen molar-refractivity contribution in [3.05, 3.63) is 49.4 Å². The Morgan fingerprint density at radius 3 is 1.93 bits per heavy atom. The summed E-state index contributed by atoms with van der Waals surface area (Å²) in [6.45, 7) is 13.3. The summed E-state index contributed by atoms with van der Waals surface area (Å²) >= 11 is 0. The van der Waals surface area contributed by atoms with Crippen LogP contribution in [0.5, 0.6) is 0 Å². The second-order valence-corrected chi connectivity index (χ2v) is 2.17. The monoisotopic (exact) mass is 191 g/mol. The fourth-order valence-corrected chi connectivity index (χ4v) is 0.340. The lowest BCUT2D eigenvalue weighted by atomic mass is 10.3. The van der Waals surface area contributed by atoms with Gasteiger partial charge in [-0.25, -0.2) is 0 Å². The van der Waals surface area contributed by atoms with Crippen molar-refractivity contribution in [2.45, 2.75) is 0 Å². The maximum absolute atomic E-state index is 8.76. The molecule has 0 fully saturated rings. The number of aliphatic hydroxyl groups excluding tert-OH is 1. The highest BCUT2D eigenvalue weighted by molar-refractivity contribution is 6.19. The van der Waals surface area contributed by atoms with Crippen molar-refractivity contribution in [3.63, 3.8) is 0 Å². The molecule has 0 aliphatic rings. The Balaban J connectivity index is 3.75. The molecule has 0 aliphatic carbocycles. The summed E-state index contributed by atoms with van der Waals surface area (Å²) in [4.78, 5) is 0. The van der Waals surface area contributed by atoms with Gasteiger partial charge in [0.2, 0.25) is 0 Å². The van der Waals surface area contributed by atoms with Gasteiger partial charge in [0, 0.05) is 0 Å². The van der Waals surface area contributed by atoms with Crippen LogP contribution in [0.3, 0.4) is 0 Å². The molecule has 0 amide bonds. The molecule has 0 unspecified atom stereocenters. The molecule has 0 aliphatic heterocycles. The van der Waals surface area contributed by atoms with Gasteiger partial charge in [-0.2, -0.15) is 0 Å². The summed E-state index contributed by atoms with van der Waals surface area (Å²) in [5.41, 5.74) is 0. The Bertz CT molecular complexity index is 273. The van der Waals surface area contributed by atoms with Crippen molar-refractivity contribution in [2.75, 3.05) is 0 Å². The minimum absolute atomic E-state index is 0.0444. The van der Waals surface area contributed by atoms with Crippen LogP contribution < -0.4 is 0 Å². The Hall–Kier alpha value is -1.71. The van der Waals surface area contributed by atoms with Crippen molar-refractivity contribution in [3.8, 4) is 0 Å². The van der Waals surface area contributed by atoms with Crippen LogP contribution in [0.25, 0.3) is 0 Å². The molecule has 0 heterocycles. The molecule has 3 radical (unpaired) electrons. The molecule has 0 saturated heterocycles. The standard InChI is InChI=1S/C8H9B2O4/c1-5(11)6(2)13-10-14-8(4)7(3)12-9/h11H,1-4H2. The Kier molecular flexibility index (Phi) is 5.14. The van der Waals surface area contributed by atoms with Crippen LogP contribution in [0, 0.1) is 0 Å². The first-order chi connectivity index (χ1) is 6.49. The van der Waals surface area contributed by atoms with Crippen LogP contribution in [0.4, 0.5) is 0 Å². The SMILES string of the molecule is [B]OC(=C)C(=C)O[B]OC(=C)C(=C)O. The lowest BCUT2D eigenvalue weighted by Crippen LogP contribution is -2.06. The Morgan fingerprint density at radius 1 is 1.00 bits per heavy atom. The topological polar surface area (TPSA) is 47.9 Å². The molecular weight excluding hydrogens is 182 g/mol. The number of hydrogen-bond acceptors (Lipinski definition) is 4. The van der Waals surface area contributed by atoms with Gasteiger partial charge in [-0.3, -0.25) is 0 Å². The van der Waals surface area contributed by atoms with Crippen LogP contribution in [-0.4, -0.2) is 20.8 Å². The quantitative estimate of drug-likeness (QED) is 0.373. The fraction of sp³-hybridized carbons (Fsp3) is 0. The fourth-order valence-electron chi connectivity index (χ4n) is 0.340. The average molecular weight is 191 g/mol. The van der Waals surface area contributed by atoms with E-state index in [4.69, 9.17) is 17.8 Å². The smallest absolute Gasteiger partial charge is 0.566 e. The largest absolute Gasteiger partial charge is 0.658 e. The number of aliphatic hydroxyl groups is 1. The molecule has 0 rings (SSSR count). The van der Waals surface area contributed by atoms with Gasteiger partial charge in [-0.1, -0.05) is 26.3 Å². The first kappa shape index (κ1) is 12.3. The van der Waals surface area contributed by atoms with E-state index >= 15 is 0 Å². The average Bonchev–Trinajstić information content (AvgIpc) is 2.15. The van der Waals surface area contributed by atoms with E-state index in [2.05, 4.69) is 35.6 Å². The van der Waals surface area contributed by atoms with E-state index in [9.17, 15) is 0 Å². The molecule has 0 atom stereocenters. The molecule has 0 bridgehead atoms. The Labute approximate surface area is 84.9 Å². The van der Waals surface area contributed by atoms with Crippen LogP contribution in [-0.2, 0) is 14.0 Å². The van der Waals surface area contributed by atoms with Crippen LogP contribution in [0.15, 0.2) is 49.4 Å². The van der Waals surface area contributed by atoms with Gasteiger partial charge >= 0.3 is 15.7 Å². The summed E-state index contributed by atoms with van der Waals surface area (Å²) in [7, 11) is 5.67. The van der Waals surface area contributed by atoms with Crippen molar-refractivity contribution in [2.24, 2.45) is 0 Å². The molecule has 0 saturated carbocycles. The predicted octanol–water partition coefficient (Wildman–Crippen LogP) is 1.27. The van der Waals surface area contributed by atoms with Crippen LogP contribution >= 0.6 is 0 Å². The zero-order chi connectivity index (χ0) is 11.1. The number of hydrogen-bond donors (Lipinski definition) is 1. The molecule has 6 heteroatoms. The second-order valence-electron chi connectivity index (χ2n) is 2.17. The molecule has 1 N–H and O–H groups in total. The summed E-state index contributed by atoms with van der Waals surface area (Å²) in [5.74, 6) is -0.219. The van der Waals surface area contributed by atoms with Crippen molar-refractivity contribution in [1.82, 2.24) is 0 Å². The first-order valence-electron chi connectivity index (χ1n) is 3.46. The molecule has 14 heavy (non-hydrogen) atoms. The first-order valence-corrected chi connectivity index (χ1v) is 3.46. The van der Waals surface area contributed by atoms with Gasteiger partial charge < -0.3 is 19.1 Å². The molecule has 71 valence electrons. The van der Waals surface area contributed by atoms with Gasteiger partial charge in [0.05, 0.1) is 0 Å². The summed E-state index contributed by atoms with van der Waals surface area (Å²) in [6.07, 6.45) is 0. The maximum atomic E-state index is 8.76. The maximum Gasteiger partial charge on any atom is 0.658 e. The van der Waals surface area contributed by atoms with E-state index in [1.165, 1.54) is 0 Å². The van der Waals surface area contributed by atoms with E-state index in [-0.39, 0.29) is 23.0 Å². The summed E-state index contributed by atoms with van der Waals surface area (Å²) in [6, 6.07) is 0. The summed E-state index contributed by atoms with van der Waals surface area (Å²) in [5, 5.41) is 8.76.